The largest absolute Gasteiger partial charge is 0.396 e. The Labute approximate surface area is 93.7 Å². The molecular formula is C13H25NO. The quantitative estimate of drug-likeness (QED) is 0.706. The van der Waals surface area contributed by atoms with Crippen LogP contribution in [0.4, 0.5) is 0 Å². The summed E-state index contributed by atoms with van der Waals surface area (Å²) < 4.78 is 0. The van der Waals surface area contributed by atoms with Gasteiger partial charge in [0.25, 0.3) is 0 Å². The summed E-state index contributed by atoms with van der Waals surface area (Å²) in [4.78, 5) is 2.70. The molecule has 0 aromatic rings. The zero-order valence-corrected chi connectivity index (χ0v) is 9.83. The van der Waals surface area contributed by atoms with Gasteiger partial charge >= 0.3 is 0 Å². The Morgan fingerprint density at radius 1 is 1.00 bits per heavy atom. The van der Waals surface area contributed by atoms with Gasteiger partial charge in [0.2, 0.25) is 0 Å². The standard InChI is InChI=1S/C13H25NO/c15-11-4-3-9-14-10-5-8-13(14)12-6-1-2-7-12/h12-13,15H,1-11H2. The van der Waals surface area contributed by atoms with Crippen molar-refractivity contribution in [2.75, 3.05) is 19.7 Å². The van der Waals surface area contributed by atoms with Gasteiger partial charge in [0, 0.05) is 12.6 Å². The molecule has 1 saturated heterocycles. The van der Waals surface area contributed by atoms with Crippen LogP contribution in [0.1, 0.15) is 51.4 Å². The smallest absolute Gasteiger partial charge is 0.0431 e. The maximum Gasteiger partial charge on any atom is 0.0431 e. The van der Waals surface area contributed by atoms with E-state index in [0.717, 1.165) is 18.4 Å². The molecule has 1 heterocycles. The molecule has 2 fully saturated rings. The van der Waals surface area contributed by atoms with Gasteiger partial charge in [-0.05, 0) is 57.5 Å². The topological polar surface area (TPSA) is 23.5 Å². The number of aliphatic hydroxyl groups is 1. The van der Waals surface area contributed by atoms with Crippen LogP contribution in [-0.4, -0.2) is 35.7 Å². The van der Waals surface area contributed by atoms with Gasteiger partial charge in [0.1, 0.15) is 0 Å². The van der Waals surface area contributed by atoms with Crippen molar-refractivity contribution in [2.24, 2.45) is 5.92 Å². The lowest BCUT2D eigenvalue weighted by Crippen LogP contribution is -2.35. The molecule has 88 valence electrons. The van der Waals surface area contributed by atoms with E-state index in [1.165, 1.54) is 58.0 Å². The summed E-state index contributed by atoms with van der Waals surface area (Å²) >= 11 is 0. The van der Waals surface area contributed by atoms with Crippen molar-refractivity contribution >= 4 is 0 Å². The zero-order chi connectivity index (χ0) is 10.5. The van der Waals surface area contributed by atoms with Gasteiger partial charge in [-0.3, -0.25) is 0 Å². The van der Waals surface area contributed by atoms with Crippen molar-refractivity contribution in [2.45, 2.75) is 57.4 Å². The highest BCUT2D eigenvalue weighted by Gasteiger charge is 2.32. The maximum atomic E-state index is 8.80. The Hall–Kier alpha value is -0.0800. The van der Waals surface area contributed by atoms with Crippen molar-refractivity contribution in [1.29, 1.82) is 0 Å². The minimum atomic E-state index is 0.363. The van der Waals surface area contributed by atoms with Crippen LogP contribution in [0, 0.1) is 5.92 Å². The number of rotatable bonds is 5. The zero-order valence-electron chi connectivity index (χ0n) is 9.83. The van der Waals surface area contributed by atoms with Gasteiger partial charge in [0.05, 0.1) is 0 Å². The molecule has 2 rings (SSSR count). The fourth-order valence-corrected chi connectivity index (χ4v) is 3.43. The summed E-state index contributed by atoms with van der Waals surface area (Å²) in [6.07, 6.45) is 10.9. The second kappa shape index (κ2) is 5.86. The molecule has 1 atom stereocenters. The molecule has 1 aliphatic heterocycles. The van der Waals surface area contributed by atoms with Gasteiger partial charge in [-0.15, -0.1) is 0 Å². The predicted molar refractivity (Wildman–Crippen MR) is 62.9 cm³/mol. The molecule has 2 heteroatoms. The first kappa shape index (κ1) is 11.4. The van der Waals surface area contributed by atoms with Crippen LogP contribution in [0.15, 0.2) is 0 Å². The van der Waals surface area contributed by atoms with Gasteiger partial charge in [-0.2, -0.15) is 0 Å². The number of hydrogen-bond donors (Lipinski definition) is 1. The average molecular weight is 211 g/mol. The third-order valence-corrected chi connectivity index (χ3v) is 4.21. The predicted octanol–water partition coefficient (Wildman–Crippen LogP) is 2.41. The lowest BCUT2D eigenvalue weighted by Gasteiger charge is -2.29. The van der Waals surface area contributed by atoms with Crippen LogP contribution >= 0.6 is 0 Å². The fraction of sp³-hybridized carbons (Fsp3) is 1.00. The minimum absolute atomic E-state index is 0.363. The molecule has 15 heavy (non-hydrogen) atoms. The van der Waals surface area contributed by atoms with E-state index in [1.807, 2.05) is 0 Å². The summed E-state index contributed by atoms with van der Waals surface area (Å²) in [5.41, 5.74) is 0. The molecule has 1 saturated carbocycles. The van der Waals surface area contributed by atoms with E-state index in [4.69, 9.17) is 5.11 Å². The van der Waals surface area contributed by atoms with E-state index in [2.05, 4.69) is 4.90 Å². The third-order valence-electron chi connectivity index (χ3n) is 4.21. The summed E-state index contributed by atoms with van der Waals surface area (Å²) in [6, 6.07) is 0.895. The van der Waals surface area contributed by atoms with E-state index < -0.39 is 0 Å². The second-order valence-corrected chi connectivity index (χ2v) is 5.22. The normalized spacial score (nSPS) is 29.0. The van der Waals surface area contributed by atoms with Crippen LogP contribution < -0.4 is 0 Å². The van der Waals surface area contributed by atoms with Crippen LogP contribution in [0.3, 0.4) is 0 Å². The summed E-state index contributed by atoms with van der Waals surface area (Å²) in [5.74, 6) is 1.00. The minimum Gasteiger partial charge on any atom is -0.396 e. The molecular weight excluding hydrogens is 186 g/mol. The van der Waals surface area contributed by atoms with Gasteiger partial charge < -0.3 is 10.0 Å². The first-order valence-corrected chi connectivity index (χ1v) is 6.76. The SMILES string of the molecule is OCCCCN1CCCC1C1CCCC1. The van der Waals surface area contributed by atoms with Gasteiger partial charge in [-0.25, -0.2) is 0 Å². The number of hydrogen-bond acceptors (Lipinski definition) is 2. The molecule has 0 aromatic carbocycles. The van der Waals surface area contributed by atoms with Crippen molar-refractivity contribution in [3.63, 3.8) is 0 Å². The molecule has 1 aliphatic carbocycles. The van der Waals surface area contributed by atoms with Crippen molar-refractivity contribution in [3.8, 4) is 0 Å². The Morgan fingerprint density at radius 2 is 1.80 bits per heavy atom. The van der Waals surface area contributed by atoms with Crippen LogP contribution in [0.2, 0.25) is 0 Å². The number of nitrogens with zero attached hydrogens (tertiary/aromatic N) is 1. The van der Waals surface area contributed by atoms with Crippen molar-refractivity contribution in [3.05, 3.63) is 0 Å². The van der Waals surface area contributed by atoms with Gasteiger partial charge in [-0.1, -0.05) is 12.8 Å². The Bertz CT molecular complexity index is 177. The Morgan fingerprint density at radius 3 is 2.53 bits per heavy atom. The Balaban J connectivity index is 1.76. The molecule has 2 nitrogen and oxygen atoms in total. The van der Waals surface area contributed by atoms with Crippen LogP contribution in [-0.2, 0) is 0 Å². The highest BCUT2D eigenvalue weighted by Crippen LogP contribution is 2.35. The number of aliphatic hydroxyl groups excluding tert-OH is 1. The maximum absolute atomic E-state index is 8.80. The van der Waals surface area contributed by atoms with Crippen LogP contribution in [0.5, 0.6) is 0 Å². The number of likely N-dealkylation sites (tertiary alicyclic amines) is 1. The van der Waals surface area contributed by atoms with Gasteiger partial charge in [0.15, 0.2) is 0 Å². The average Bonchev–Trinajstić information content (AvgIpc) is 2.87. The lowest BCUT2D eigenvalue weighted by atomic mass is 9.96. The van der Waals surface area contributed by atoms with Crippen molar-refractivity contribution < 1.29 is 5.11 Å². The van der Waals surface area contributed by atoms with E-state index in [1.54, 1.807) is 0 Å². The molecule has 0 amide bonds. The second-order valence-electron chi connectivity index (χ2n) is 5.22. The van der Waals surface area contributed by atoms with E-state index in [9.17, 15) is 0 Å². The summed E-state index contributed by atoms with van der Waals surface area (Å²) in [5, 5.41) is 8.80. The summed E-state index contributed by atoms with van der Waals surface area (Å²) in [7, 11) is 0. The molecule has 0 bridgehead atoms. The van der Waals surface area contributed by atoms with E-state index >= 15 is 0 Å². The van der Waals surface area contributed by atoms with Crippen LogP contribution in [0.25, 0.3) is 0 Å². The lowest BCUT2D eigenvalue weighted by molar-refractivity contribution is 0.181. The van der Waals surface area contributed by atoms with Crippen molar-refractivity contribution in [1.82, 2.24) is 4.90 Å². The molecule has 2 aliphatic rings. The molecule has 0 aromatic heterocycles. The first-order chi connectivity index (χ1) is 7.42. The molecule has 0 spiro atoms. The monoisotopic (exact) mass is 211 g/mol. The Kier molecular flexibility index (Phi) is 4.45. The highest BCUT2D eigenvalue weighted by molar-refractivity contribution is 4.87. The molecule has 1 N–H and O–H groups in total. The first-order valence-electron chi connectivity index (χ1n) is 6.76. The van der Waals surface area contributed by atoms with E-state index in [0.29, 0.717) is 6.61 Å². The highest BCUT2D eigenvalue weighted by atomic mass is 16.2. The number of unbranched alkanes of at least 4 members (excludes halogenated alkanes) is 1. The fourth-order valence-electron chi connectivity index (χ4n) is 3.43. The molecule has 0 radical (unpaired) electrons. The summed E-state index contributed by atoms with van der Waals surface area (Å²) in [6.45, 7) is 2.90. The van der Waals surface area contributed by atoms with E-state index in [-0.39, 0.29) is 0 Å². The third kappa shape index (κ3) is 2.94. The molecule has 1 unspecified atom stereocenters.